The lowest BCUT2D eigenvalue weighted by Gasteiger charge is -2.34. The molecule has 4 aromatic rings. The van der Waals surface area contributed by atoms with Crippen LogP contribution in [0.3, 0.4) is 0 Å². The molecule has 0 atom stereocenters. The van der Waals surface area contributed by atoms with Gasteiger partial charge in [-0.3, -0.25) is 9.69 Å². The van der Waals surface area contributed by atoms with E-state index in [2.05, 4.69) is 30.5 Å². The van der Waals surface area contributed by atoms with E-state index in [0.717, 1.165) is 17.7 Å². The molecule has 0 radical (unpaired) electrons. The molecule has 0 saturated carbocycles. The number of H-pyrrole nitrogens is 1. The number of carbonyl (C=O) groups excluding carboxylic acids is 2. The molecule has 3 heterocycles. The number of hydrogen-bond donors (Lipinski definition) is 3. The summed E-state index contributed by atoms with van der Waals surface area (Å²) in [6.45, 7) is 4.31. The predicted molar refractivity (Wildman–Crippen MR) is 152 cm³/mol. The first-order chi connectivity index (χ1) is 19.5. The van der Waals surface area contributed by atoms with E-state index < -0.39 is 23.7 Å². The number of urea groups is 1. The van der Waals surface area contributed by atoms with Gasteiger partial charge in [-0.15, -0.1) is 0 Å². The van der Waals surface area contributed by atoms with Crippen LogP contribution in [0.1, 0.15) is 21.5 Å². The van der Waals surface area contributed by atoms with Crippen LogP contribution in [0, 0.1) is 6.92 Å². The number of aromatic amines is 1. The minimum absolute atomic E-state index is 0.112. The van der Waals surface area contributed by atoms with Crippen molar-refractivity contribution in [1.82, 2.24) is 19.9 Å². The second kappa shape index (κ2) is 11.1. The molecule has 3 N–H and O–H groups in total. The molecule has 2 aromatic carbocycles. The lowest BCUT2D eigenvalue weighted by Crippen LogP contribution is -2.44. The van der Waals surface area contributed by atoms with E-state index in [-0.39, 0.29) is 5.56 Å². The van der Waals surface area contributed by atoms with Gasteiger partial charge in [0, 0.05) is 62.0 Å². The summed E-state index contributed by atoms with van der Waals surface area (Å²) >= 11 is 0. The molecule has 0 bridgehead atoms. The summed E-state index contributed by atoms with van der Waals surface area (Å²) in [5, 5.41) is 6.15. The highest BCUT2D eigenvalue weighted by atomic mass is 19.4. The van der Waals surface area contributed by atoms with E-state index in [1.54, 1.807) is 44.4 Å². The number of anilines is 4. The van der Waals surface area contributed by atoms with Gasteiger partial charge in [-0.05, 0) is 55.9 Å². The summed E-state index contributed by atoms with van der Waals surface area (Å²) in [5.41, 5.74) is 1.38. The summed E-state index contributed by atoms with van der Waals surface area (Å²) in [7, 11) is 3.52. The van der Waals surface area contributed by atoms with Crippen molar-refractivity contribution in [2.75, 3.05) is 60.7 Å². The fourth-order valence-corrected chi connectivity index (χ4v) is 4.61. The van der Waals surface area contributed by atoms with Gasteiger partial charge < -0.3 is 25.4 Å². The zero-order valence-electron chi connectivity index (χ0n) is 22.7. The summed E-state index contributed by atoms with van der Waals surface area (Å²) in [4.78, 5) is 42.8. The van der Waals surface area contributed by atoms with Crippen molar-refractivity contribution in [3.63, 3.8) is 0 Å². The van der Waals surface area contributed by atoms with Crippen LogP contribution in [0.4, 0.5) is 40.8 Å². The number of halogens is 3. The third kappa shape index (κ3) is 6.09. The second-order valence-electron chi connectivity index (χ2n) is 9.97. The standard InChI is InChI=1S/C28H29F3N8O2/c1-17-4-5-20(15-23(17)36-27(41)38(3)25-22-6-7-32-24(22)33-16-34-25)35-26(40)18-12-19(28(29,30)31)14-21(13-18)39-10-8-37(2)9-11-39/h4-7,12-16H,8-11H2,1-3H3,(H,35,40)(H,36,41)(H,32,33,34). The van der Waals surface area contributed by atoms with Gasteiger partial charge in [0.1, 0.15) is 17.8 Å². The molecule has 10 nitrogen and oxygen atoms in total. The average Bonchev–Trinajstić information content (AvgIpc) is 3.43. The SMILES string of the molecule is Cc1ccc(NC(=O)c2cc(N3CCN(C)CC3)cc(C(F)(F)F)c2)cc1NC(=O)N(C)c1ncnc2[nH]ccc12. The number of alkyl halides is 3. The molecule has 1 saturated heterocycles. The quantitative estimate of drug-likeness (QED) is 0.315. The fraction of sp³-hybridized carbons (Fsp3) is 0.286. The smallest absolute Gasteiger partial charge is 0.369 e. The van der Waals surface area contributed by atoms with Crippen LogP contribution in [-0.2, 0) is 6.18 Å². The molecule has 13 heteroatoms. The number of carbonyl (C=O) groups is 2. The Morgan fingerprint density at radius 2 is 1.76 bits per heavy atom. The Hall–Kier alpha value is -4.65. The average molecular weight is 567 g/mol. The number of rotatable bonds is 5. The molecule has 41 heavy (non-hydrogen) atoms. The minimum Gasteiger partial charge on any atom is -0.369 e. The van der Waals surface area contributed by atoms with E-state index >= 15 is 0 Å². The van der Waals surface area contributed by atoms with Gasteiger partial charge in [0.15, 0.2) is 0 Å². The van der Waals surface area contributed by atoms with Gasteiger partial charge >= 0.3 is 12.2 Å². The van der Waals surface area contributed by atoms with E-state index in [1.165, 1.54) is 17.3 Å². The van der Waals surface area contributed by atoms with Crippen molar-refractivity contribution in [1.29, 1.82) is 0 Å². The van der Waals surface area contributed by atoms with E-state index in [1.807, 2.05) is 11.9 Å². The van der Waals surface area contributed by atoms with Crippen molar-refractivity contribution >= 4 is 45.9 Å². The number of nitrogens with one attached hydrogen (secondary N) is 3. The molecule has 3 amide bonds. The van der Waals surface area contributed by atoms with Crippen molar-refractivity contribution in [3.8, 4) is 0 Å². The zero-order valence-corrected chi connectivity index (χ0v) is 22.7. The third-order valence-corrected chi connectivity index (χ3v) is 7.07. The largest absolute Gasteiger partial charge is 0.416 e. The van der Waals surface area contributed by atoms with Crippen LogP contribution >= 0.6 is 0 Å². The third-order valence-electron chi connectivity index (χ3n) is 7.07. The van der Waals surface area contributed by atoms with Crippen molar-refractivity contribution in [3.05, 3.63) is 71.7 Å². The summed E-state index contributed by atoms with van der Waals surface area (Å²) in [5.74, 6) is -0.294. The van der Waals surface area contributed by atoms with Crippen LogP contribution in [0.15, 0.2) is 55.0 Å². The highest BCUT2D eigenvalue weighted by Gasteiger charge is 2.32. The lowest BCUT2D eigenvalue weighted by atomic mass is 10.1. The molecular weight excluding hydrogens is 537 g/mol. The number of likely N-dealkylation sites (N-methyl/N-ethyl adjacent to an activating group) is 1. The Morgan fingerprint density at radius 1 is 1.00 bits per heavy atom. The van der Waals surface area contributed by atoms with E-state index in [0.29, 0.717) is 60.1 Å². The first kappa shape index (κ1) is 27.9. The number of piperazine rings is 1. The second-order valence-corrected chi connectivity index (χ2v) is 9.97. The Labute approximate surface area is 234 Å². The highest BCUT2D eigenvalue weighted by molar-refractivity contribution is 6.07. The number of hydrogen-bond acceptors (Lipinski definition) is 6. The molecule has 0 unspecified atom stereocenters. The monoisotopic (exact) mass is 566 g/mol. The van der Waals surface area contributed by atoms with Crippen LogP contribution in [0.2, 0.25) is 0 Å². The summed E-state index contributed by atoms with van der Waals surface area (Å²) in [6.07, 6.45) is -1.56. The predicted octanol–water partition coefficient (Wildman–Crippen LogP) is 4.96. The van der Waals surface area contributed by atoms with E-state index in [4.69, 9.17) is 0 Å². The summed E-state index contributed by atoms with van der Waals surface area (Å²) in [6, 6.07) is 9.56. The maximum atomic E-state index is 13.7. The topological polar surface area (TPSA) is 109 Å². The maximum absolute atomic E-state index is 13.7. The molecule has 2 aromatic heterocycles. The Balaban J connectivity index is 1.35. The Kier molecular flexibility index (Phi) is 7.54. The van der Waals surface area contributed by atoms with Gasteiger partial charge in [0.2, 0.25) is 0 Å². The maximum Gasteiger partial charge on any atom is 0.416 e. The van der Waals surface area contributed by atoms with Crippen LogP contribution < -0.4 is 20.4 Å². The van der Waals surface area contributed by atoms with Crippen molar-refractivity contribution < 1.29 is 22.8 Å². The number of aromatic nitrogens is 3. The first-order valence-electron chi connectivity index (χ1n) is 12.9. The van der Waals surface area contributed by atoms with Crippen molar-refractivity contribution in [2.45, 2.75) is 13.1 Å². The van der Waals surface area contributed by atoms with Gasteiger partial charge in [0.25, 0.3) is 5.91 Å². The van der Waals surface area contributed by atoms with Gasteiger partial charge in [0.05, 0.1) is 10.9 Å². The molecule has 1 fully saturated rings. The van der Waals surface area contributed by atoms with Gasteiger partial charge in [-0.25, -0.2) is 14.8 Å². The normalized spacial score (nSPS) is 14.2. The van der Waals surface area contributed by atoms with Gasteiger partial charge in [-0.1, -0.05) is 6.07 Å². The first-order valence-corrected chi connectivity index (χ1v) is 12.9. The summed E-state index contributed by atoms with van der Waals surface area (Å²) < 4.78 is 41.2. The Bertz CT molecular complexity index is 1600. The van der Waals surface area contributed by atoms with Gasteiger partial charge in [-0.2, -0.15) is 13.2 Å². The number of benzene rings is 2. The molecule has 0 aliphatic carbocycles. The molecular formula is C28H29F3N8O2. The van der Waals surface area contributed by atoms with Crippen LogP contribution in [0.25, 0.3) is 11.0 Å². The fourth-order valence-electron chi connectivity index (χ4n) is 4.61. The zero-order chi connectivity index (χ0) is 29.3. The number of amides is 3. The van der Waals surface area contributed by atoms with Crippen molar-refractivity contribution in [2.24, 2.45) is 0 Å². The number of aryl methyl sites for hydroxylation is 1. The molecule has 5 rings (SSSR count). The molecule has 214 valence electrons. The molecule has 1 aliphatic rings. The highest BCUT2D eigenvalue weighted by Crippen LogP contribution is 2.34. The number of fused-ring (bicyclic) bond motifs is 1. The minimum atomic E-state index is -4.61. The molecule has 0 spiro atoms. The van der Waals surface area contributed by atoms with E-state index in [9.17, 15) is 22.8 Å². The van der Waals surface area contributed by atoms with Crippen LogP contribution in [-0.4, -0.2) is 72.1 Å². The Morgan fingerprint density at radius 3 is 2.49 bits per heavy atom. The lowest BCUT2D eigenvalue weighted by molar-refractivity contribution is -0.137. The molecule has 1 aliphatic heterocycles. The number of nitrogens with zero attached hydrogens (tertiary/aromatic N) is 5. The van der Waals surface area contributed by atoms with Crippen LogP contribution in [0.5, 0.6) is 0 Å².